The topological polar surface area (TPSA) is 86.6 Å². The molecule has 1 aromatic rings. The Bertz CT molecular complexity index is 486. The maximum absolute atomic E-state index is 11.1. The maximum Gasteiger partial charge on any atom is 0.337 e. The molecule has 1 aliphatic rings. The number of rotatable bonds is 2. The molecule has 1 atom stereocenters. The van der Waals surface area contributed by atoms with Crippen LogP contribution in [0.15, 0.2) is 12.1 Å². The number of hydrogen-bond acceptors (Lipinski definition) is 3. The Labute approximate surface area is 95.6 Å². The van der Waals surface area contributed by atoms with Crippen LogP contribution in [0, 0.1) is 0 Å². The van der Waals surface area contributed by atoms with E-state index >= 15 is 0 Å². The summed E-state index contributed by atoms with van der Waals surface area (Å²) in [6.07, 6.45) is -1.48. The lowest BCUT2D eigenvalue weighted by atomic mass is 10.0. The van der Waals surface area contributed by atoms with Crippen molar-refractivity contribution in [3.05, 3.63) is 28.3 Å². The number of halogens is 1. The van der Waals surface area contributed by atoms with Crippen molar-refractivity contribution in [3.8, 4) is 0 Å². The van der Waals surface area contributed by atoms with E-state index in [1.807, 2.05) is 0 Å². The van der Waals surface area contributed by atoms with Gasteiger partial charge in [-0.1, -0.05) is 11.6 Å². The van der Waals surface area contributed by atoms with E-state index in [2.05, 4.69) is 5.32 Å². The van der Waals surface area contributed by atoms with E-state index in [1.165, 1.54) is 12.1 Å². The fraction of sp³-hybridized carbons (Fsp3) is 0.200. The average molecular weight is 242 g/mol. The summed E-state index contributed by atoms with van der Waals surface area (Å²) in [7, 11) is 0. The predicted molar refractivity (Wildman–Crippen MR) is 56.4 cm³/mol. The van der Waals surface area contributed by atoms with Gasteiger partial charge in [0.1, 0.15) is 0 Å². The van der Waals surface area contributed by atoms with Crippen LogP contribution in [-0.2, 0) is 16.0 Å². The molecule has 1 heterocycles. The minimum absolute atomic E-state index is 0.148. The van der Waals surface area contributed by atoms with Crippen LogP contribution >= 0.6 is 11.6 Å². The highest BCUT2D eigenvalue weighted by Crippen LogP contribution is 2.34. The summed E-state index contributed by atoms with van der Waals surface area (Å²) in [6, 6.07) is 2.81. The molecule has 0 aliphatic carbocycles. The summed E-state index contributed by atoms with van der Waals surface area (Å²) < 4.78 is 0. The number of aliphatic hydroxyl groups is 1. The molecule has 0 radical (unpaired) electrons. The summed E-state index contributed by atoms with van der Waals surface area (Å²) >= 11 is 5.87. The Hall–Kier alpha value is -1.59. The monoisotopic (exact) mass is 241 g/mol. The highest BCUT2D eigenvalue weighted by atomic mass is 35.5. The fourth-order valence-electron chi connectivity index (χ4n) is 1.62. The van der Waals surface area contributed by atoms with Crippen molar-refractivity contribution in [1.29, 1.82) is 0 Å². The van der Waals surface area contributed by atoms with Crippen LogP contribution in [0.25, 0.3) is 0 Å². The number of benzene rings is 1. The third-order valence-corrected chi connectivity index (χ3v) is 2.66. The number of fused-ring (bicyclic) bond motifs is 1. The molecule has 0 saturated carbocycles. The van der Waals surface area contributed by atoms with Crippen LogP contribution in [0.1, 0.15) is 17.2 Å². The SMILES string of the molecule is O=C1Cc2cc(C(O)C(=O)O)cc(Cl)c2N1. The van der Waals surface area contributed by atoms with Gasteiger partial charge in [-0.15, -0.1) is 0 Å². The number of carboxylic acids is 1. The van der Waals surface area contributed by atoms with Gasteiger partial charge in [-0.2, -0.15) is 0 Å². The molecule has 3 N–H and O–H groups in total. The van der Waals surface area contributed by atoms with E-state index in [0.717, 1.165) is 0 Å². The molecular formula is C10H8ClNO4. The summed E-state index contributed by atoms with van der Waals surface area (Å²) in [5.41, 5.74) is 1.27. The van der Waals surface area contributed by atoms with Gasteiger partial charge in [0.2, 0.25) is 5.91 Å². The lowest BCUT2D eigenvalue weighted by molar-refractivity contribution is -0.146. The third-order valence-electron chi connectivity index (χ3n) is 2.36. The minimum atomic E-state index is -1.63. The second-order valence-corrected chi connectivity index (χ2v) is 3.91. The zero-order chi connectivity index (χ0) is 11.9. The van der Waals surface area contributed by atoms with Crippen LogP contribution in [0.3, 0.4) is 0 Å². The Balaban J connectivity index is 2.46. The van der Waals surface area contributed by atoms with Gasteiger partial charge in [0.25, 0.3) is 0 Å². The smallest absolute Gasteiger partial charge is 0.337 e. The van der Waals surface area contributed by atoms with E-state index in [0.29, 0.717) is 11.3 Å². The third kappa shape index (κ3) is 1.75. The van der Waals surface area contributed by atoms with Gasteiger partial charge >= 0.3 is 5.97 Å². The molecule has 84 valence electrons. The summed E-state index contributed by atoms with van der Waals surface area (Å²) in [5, 5.41) is 20.8. The van der Waals surface area contributed by atoms with E-state index in [9.17, 15) is 14.7 Å². The van der Waals surface area contributed by atoms with Crippen molar-refractivity contribution < 1.29 is 19.8 Å². The fourth-order valence-corrected chi connectivity index (χ4v) is 1.92. The van der Waals surface area contributed by atoms with Gasteiger partial charge in [0.15, 0.2) is 6.10 Å². The Morgan fingerprint density at radius 1 is 1.50 bits per heavy atom. The Morgan fingerprint density at radius 2 is 2.19 bits per heavy atom. The molecule has 0 spiro atoms. The first-order chi connectivity index (χ1) is 7.49. The zero-order valence-corrected chi connectivity index (χ0v) is 8.78. The molecule has 0 saturated heterocycles. The van der Waals surface area contributed by atoms with E-state index in [-0.39, 0.29) is 22.9 Å². The van der Waals surface area contributed by atoms with Crippen LogP contribution in [0.2, 0.25) is 5.02 Å². The number of carbonyl (C=O) groups is 2. The van der Waals surface area contributed by atoms with Gasteiger partial charge < -0.3 is 15.5 Å². The lowest BCUT2D eigenvalue weighted by Crippen LogP contribution is -2.10. The molecule has 5 nitrogen and oxygen atoms in total. The summed E-state index contributed by atoms with van der Waals surface area (Å²) in [4.78, 5) is 21.7. The molecule has 0 aromatic heterocycles. The van der Waals surface area contributed by atoms with Gasteiger partial charge in [0.05, 0.1) is 17.1 Å². The van der Waals surface area contributed by atoms with Crippen molar-refractivity contribution in [3.63, 3.8) is 0 Å². The van der Waals surface area contributed by atoms with E-state index in [4.69, 9.17) is 16.7 Å². The molecule has 1 amide bonds. The Morgan fingerprint density at radius 3 is 2.81 bits per heavy atom. The lowest BCUT2D eigenvalue weighted by Gasteiger charge is -2.09. The van der Waals surface area contributed by atoms with Crippen molar-refractivity contribution in [2.45, 2.75) is 12.5 Å². The van der Waals surface area contributed by atoms with E-state index < -0.39 is 12.1 Å². The number of carboxylic acid groups (broad SMARTS) is 1. The highest BCUT2D eigenvalue weighted by Gasteiger charge is 2.24. The first-order valence-electron chi connectivity index (χ1n) is 4.52. The molecule has 1 aromatic carbocycles. The standard InChI is InChI=1S/C10H8ClNO4/c11-6-2-5(9(14)10(15)16)1-4-3-7(13)12-8(4)6/h1-2,9,14H,3H2,(H,12,13)(H,15,16). The molecule has 6 heteroatoms. The average Bonchev–Trinajstić information content (AvgIpc) is 2.57. The second-order valence-electron chi connectivity index (χ2n) is 3.50. The van der Waals surface area contributed by atoms with Gasteiger partial charge in [-0.05, 0) is 23.3 Å². The van der Waals surface area contributed by atoms with Gasteiger partial charge in [0, 0.05) is 0 Å². The summed E-state index contributed by atoms with van der Waals surface area (Å²) in [6.45, 7) is 0. The van der Waals surface area contributed by atoms with Crippen LogP contribution in [0.4, 0.5) is 5.69 Å². The first kappa shape index (κ1) is 10.9. The number of amides is 1. The highest BCUT2D eigenvalue weighted by molar-refractivity contribution is 6.34. The zero-order valence-electron chi connectivity index (χ0n) is 8.03. The molecule has 1 aliphatic heterocycles. The minimum Gasteiger partial charge on any atom is -0.479 e. The van der Waals surface area contributed by atoms with E-state index in [1.54, 1.807) is 0 Å². The number of aliphatic carboxylic acids is 1. The number of aliphatic hydroxyl groups excluding tert-OH is 1. The number of nitrogens with one attached hydrogen (secondary N) is 1. The molecule has 0 fully saturated rings. The van der Waals surface area contributed by atoms with Crippen LogP contribution in [0.5, 0.6) is 0 Å². The molecule has 0 bridgehead atoms. The largest absolute Gasteiger partial charge is 0.479 e. The Kier molecular flexibility index (Phi) is 2.57. The number of anilines is 1. The van der Waals surface area contributed by atoms with Crippen molar-refractivity contribution in [2.24, 2.45) is 0 Å². The van der Waals surface area contributed by atoms with Crippen molar-refractivity contribution in [1.82, 2.24) is 0 Å². The number of hydrogen-bond donors (Lipinski definition) is 3. The maximum atomic E-state index is 11.1. The predicted octanol–water partition coefficient (Wildman–Crippen LogP) is 0.953. The van der Waals surface area contributed by atoms with Gasteiger partial charge in [-0.3, -0.25) is 4.79 Å². The number of carbonyl (C=O) groups excluding carboxylic acids is 1. The normalized spacial score (nSPS) is 15.5. The second kappa shape index (κ2) is 3.77. The molecule has 16 heavy (non-hydrogen) atoms. The van der Waals surface area contributed by atoms with Crippen LogP contribution in [-0.4, -0.2) is 22.1 Å². The molecule has 2 rings (SSSR count). The molecular weight excluding hydrogens is 234 g/mol. The van der Waals surface area contributed by atoms with Crippen molar-refractivity contribution >= 4 is 29.2 Å². The van der Waals surface area contributed by atoms with Crippen molar-refractivity contribution in [2.75, 3.05) is 5.32 Å². The van der Waals surface area contributed by atoms with Crippen LogP contribution < -0.4 is 5.32 Å². The van der Waals surface area contributed by atoms with Gasteiger partial charge in [-0.25, -0.2) is 4.79 Å². The first-order valence-corrected chi connectivity index (χ1v) is 4.90. The quantitative estimate of drug-likeness (QED) is 0.720. The molecule has 1 unspecified atom stereocenters. The summed E-state index contributed by atoms with van der Waals surface area (Å²) in [5.74, 6) is -1.55.